The molecule has 0 saturated carbocycles. The normalized spacial score (nSPS) is 20.1. The van der Waals surface area contributed by atoms with Crippen molar-refractivity contribution < 1.29 is 14.3 Å². The van der Waals surface area contributed by atoms with Gasteiger partial charge in [-0.05, 0) is 43.9 Å². The molecule has 0 bridgehead atoms. The van der Waals surface area contributed by atoms with E-state index in [0.717, 1.165) is 12.0 Å². The number of carbonyl (C=O) groups is 2. The molecule has 0 N–H and O–H groups in total. The Labute approximate surface area is 160 Å². The van der Waals surface area contributed by atoms with Crippen LogP contribution in [0.3, 0.4) is 0 Å². The van der Waals surface area contributed by atoms with E-state index in [9.17, 15) is 9.59 Å². The lowest BCUT2D eigenvalue weighted by atomic mass is 9.91. The Morgan fingerprint density at radius 3 is 2.41 bits per heavy atom. The topological polar surface area (TPSA) is 46.6 Å². The van der Waals surface area contributed by atoms with Gasteiger partial charge in [0.25, 0.3) is 5.91 Å². The number of hydrogen-bond acceptors (Lipinski definition) is 3. The summed E-state index contributed by atoms with van der Waals surface area (Å²) >= 11 is 0. The molecule has 2 aromatic carbocycles. The third-order valence-electron chi connectivity index (χ3n) is 5.17. The first-order chi connectivity index (χ1) is 13.1. The van der Waals surface area contributed by atoms with Crippen molar-refractivity contribution >= 4 is 11.9 Å². The van der Waals surface area contributed by atoms with E-state index in [2.05, 4.69) is 6.58 Å². The van der Waals surface area contributed by atoms with Gasteiger partial charge in [-0.25, -0.2) is 4.79 Å². The number of hydrogen-bond donors (Lipinski definition) is 0. The maximum atomic E-state index is 13.2. The van der Waals surface area contributed by atoms with Gasteiger partial charge in [0.15, 0.2) is 0 Å². The zero-order chi connectivity index (χ0) is 19.3. The number of carbonyl (C=O) groups excluding carboxylic acids is 2. The maximum Gasteiger partial charge on any atom is 0.333 e. The van der Waals surface area contributed by atoms with Crippen molar-refractivity contribution in [2.75, 3.05) is 6.54 Å². The second-order valence-electron chi connectivity index (χ2n) is 6.91. The molecule has 4 heteroatoms. The molecular weight excluding hydrogens is 338 g/mol. The largest absolute Gasteiger partial charge is 0.456 e. The summed E-state index contributed by atoms with van der Waals surface area (Å²) in [6.07, 6.45) is 3.05. The molecule has 140 valence electrons. The number of esters is 1. The second-order valence-corrected chi connectivity index (χ2v) is 6.91. The molecule has 0 radical (unpaired) electrons. The van der Waals surface area contributed by atoms with Crippen LogP contribution in [-0.4, -0.2) is 28.9 Å². The van der Waals surface area contributed by atoms with E-state index >= 15 is 0 Å². The van der Waals surface area contributed by atoms with Gasteiger partial charge in [-0.3, -0.25) is 4.79 Å². The summed E-state index contributed by atoms with van der Waals surface area (Å²) in [5.74, 6) is -0.500. The highest BCUT2D eigenvalue weighted by atomic mass is 16.5. The Morgan fingerprint density at radius 1 is 1.15 bits per heavy atom. The van der Waals surface area contributed by atoms with Crippen molar-refractivity contribution in [3.63, 3.8) is 0 Å². The van der Waals surface area contributed by atoms with Crippen molar-refractivity contribution in [3.8, 4) is 0 Å². The Bertz CT molecular complexity index is 803. The van der Waals surface area contributed by atoms with Gasteiger partial charge >= 0.3 is 5.97 Å². The first-order valence-corrected chi connectivity index (χ1v) is 9.32. The minimum Gasteiger partial charge on any atom is -0.456 e. The fourth-order valence-corrected chi connectivity index (χ4v) is 3.72. The summed E-state index contributed by atoms with van der Waals surface area (Å²) in [6, 6.07) is 18.7. The number of amides is 1. The molecule has 1 unspecified atom stereocenters. The van der Waals surface area contributed by atoms with Gasteiger partial charge in [0, 0.05) is 12.1 Å². The van der Waals surface area contributed by atoms with Gasteiger partial charge in [0.05, 0.1) is 0 Å². The van der Waals surface area contributed by atoms with Crippen LogP contribution in [0.15, 0.2) is 73.3 Å². The highest BCUT2D eigenvalue weighted by Gasteiger charge is 2.50. The monoisotopic (exact) mass is 363 g/mol. The molecule has 1 amide bonds. The molecule has 27 heavy (non-hydrogen) atoms. The Balaban J connectivity index is 1.86. The van der Waals surface area contributed by atoms with Crippen LogP contribution in [0, 0.1) is 0 Å². The predicted octanol–water partition coefficient (Wildman–Crippen LogP) is 4.54. The zero-order valence-electron chi connectivity index (χ0n) is 15.6. The van der Waals surface area contributed by atoms with Crippen molar-refractivity contribution in [3.05, 3.63) is 84.4 Å². The molecule has 1 fully saturated rings. The average Bonchev–Trinajstić information content (AvgIpc) is 3.14. The summed E-state index contributed by atoms with van der Waals surface area (Å²) in [4.78, 5) is 28.0. The lowest BCUT2D eigenvalue weighted by Gasteiger charge is -2.36. The molecule has 1 aliphatic heterocycles. The number of likely N-dealkylation sites (tertiary alicyclic amines) is 1. The van der Waals surface area contributed by atoms with E-state index in [1.165, 1.54) is 0 Å². The average molecular weight is 363 g/mol. The highest BCUT2D eigenvalue weighted by molar-refractivity contribution is 5.98. The van der Waals surface area contributed by atoms with Crippen LogP contribution in [0.4, 0.5) is 0 Å². The first kappa shape index (κ1) is 18.9. The molecule has 0 aliphatic carbocycles. The fourth-order valence-electron chi connectivity index (χ4n) is 3.72. The summed E-state index contributed by atoms with van der Waals surface area (Å²) in [7, 11) is 0. The van der Waals surface area contributed by atoms with Crippen LogP contribution in [0.1, 0.15) is 48.2 Å². The Morgan fingerprint density at radius 2 is 1.78 bits per heavy atom. The summed E-state index contributed by atoms with van der Waals surface area (Å²) in [5, 5.41) is 0. The first-order valence-electron chi connectivity index (χ1n) is 9.32. The molecule has 1 saturated heterocycles. The van der Waals surface area contributed by atoms with Crippen LogP contribution in [0.5, 0.6) is 0 Å². The molecule has 0 spiro atoms. The van der Waals surface area contributed by atoms with Gasteiger partial charge in [-0.2, -0.15) is 0 Å². The van der Waals surface area contributed by atoms with Crippen molar-refractivity contribution in [2.45, 2.75) is 37.8 Å². The molecular formula is C23H25NO3. The van der Waals surface area contributed by atoms with Crippen molar-refractivity contribution in [1.82, 2.24) is 4.90 Å². The molecule has 1 heterocycles. The van der Waals surface area contributed by atoms with Crippen molar-refractivity contribution in [1.29, 1.82) is 0 Å². The number of rotatable bonds is 6. The standard InChI is InChI=1S/C23H25NO3/c1-3-15-23(22(26)27-18(2)19-11-6-4-7-12-19)16-10-17-24(23)21(25)20-13-8-5-9-14-20/h3-9,11-14,18H,1,10,15-17H2,2H3/t18?,23-/m0/s1. The van der Waals surface area contributed by atoms with Gasteiger partial charge in [-0.15, -0.1) is 6.58 Å². The molecule has 2 atom stereocenters. The maximum absolute atomic E-state index is 13.2. The fraction of sp³-hybridized carbons (Fsp3) is 0.304. The van der Waals surface area contributed by atoms with Gasteiger partial charge in [-0.1, -0.05) is 54.6 Å². The SMILES string of the molecule is C=CC[C@@]1(C(=O)OC(C)c2ccccc2)CCCN1C(=O)c1ccccc1. The Kier molecular flexibility index (Phi) is 5.75. The van der Waals surface area contributed by atoms with Crippen molar-refractivity contribution in [2.24, 2.45) is 0 Å². The lowest BCUT2D eigenvalue weighted by Crippen LogP contribution is -2.53. The van der Waals surface area contributed by atoms with Crippen LogP contribution >= 0.6 is 0 Å². The second kappa shape index (κ2) is 8.21. The number of benzene rings is 2. The number of ether oxygens (including phenoxy) is 1. The molecule has 2 aromatic rings. The van der Waals surface area contributed by atoms with E-state index in [1.54, 1.807) is 23.1 Å². The lowest BCUT2D eigenvalue weighted by molar-refractivity contribution is -0.160. The minimum absolute atomic E-state index is 0.140. The molecule has 1 aliphatic rings. The highest BCUT2D eigenvalue weighted by Crippen LogP contribution is 2.37. The van der Waals surface area contributed by atoms with Crippen LogP contribution in [0.25, 0.3) is 0 Å². The third kappa shape index (κ3) is 3.80. The van der Waals surface area contributed by atoms with Crippen LogP contribution in [-0.2, 0) is 9.53 Å². The smallest absolute Gasteiger partial charge is 0.333 e. The summed E-state index contributed by atoms with van der Waals surface area (Å²) in [6.45, 7) is 6.20. The van der Waals surface area contributed by atoms with Crippen LogP contribution < -0.4 is 0 Å². The zero-order valence-corrected chi connectivity index (χ0v) is 15.6. The number of nitrogens with zero attached hydrogens (tertiary/aromatic N) is 1. The van der Waals surface area contributed by atoms with E-state index in [4.69, 9.17) is 4.74 Å². The van der Waals surface area contributed by atoms with Gasteiger partial charge in [0.1, 0.15) is 11.6 Å². The van der Waals surface area contributed by atoms with Gasteiger partial charge < -0.3 is 9.64 Å². The molecule has 0 aromatic heterocycles. The molecule has 4 nitrogen and oxygen atoms in total. The minimum atomic E-state index is -0.988. The summed E-state index contributed by atoms with van der Waals surface area (Å²) in [5.41, 5.74) is 0.521. The van der Waals surface area contributed by atoms with E-state index in [-0.39, 0.29) is 18.0 Å². The third-order valence-corrected chi connectivity index (χ3v) is 5.17. The Hall–Kier alpha value is -2.88. The van der Waals surface area contributed by atoms with E-state index in [1.807, 2.05) is 55.5 Å². The predicted molar refractivity (Wildman–Crippen MR) is 105 cm³/mol. The van der Waals surface area contributed by atoms with E-state index in [0.29, 0.717) is 24.9 Å². The van der Waals surface area contributed by atoms with Gasteiger partial charge in [0.2, 0.25) is 0 Å². The quantitative estimate of drug-likeness (QED) is 0.559. The molecule has 3 rings (SSSR count). The van der Waals surface area contributed by atoms with Crippen LogP contribution in [0.2, 0.25) is 0 Å². The van der Waals surface area contributed by atoms with E-state index < -0.39 is 5.54 Å². The summed E-state index contributed by atoms with van der Waals surface area (Å²) < 4.78 is 5.81.